The number of nitrogens with one attached hydrogen (secondary N) is 1. The fraction of sp³-hybridized carbons (Fsp3) is 0.812. The van der Waals surface area contributed by atoms with E-state index < -0.39 is 23.4 Å². The molecule has 1 unspecified atom stereocenters. The van der Waals surface area contributed by atoms with Gasteiger partial charge in [0.15, 0.2) is 0 Å². The lowest BCUT2D eigenvalue weighted by Crippen LogP contribution is -2.48. The van der Waals surface area contributed by atoms with Crippen molar-refractivity contribution in [1.29, 1.82) is 0 Å². The van der Waals surface area contributed by atoms with Crippen LogP contribution < -0.4 is 5.32 Å². The van der Waals surface area contributed by atoms with E-state index in [1.54, 1.807) is 0 Å². The van der Waals surface area contributed by atoms with Crippen LogP contribution in [0.2, 0.25) is 0 Å². The highest BCUT2D eigenvalue weighted by atomic mass is 16.5. The maximum atomic E-state index is 12.5. The van der Waals surface area contributed by atoms with E-state index in [9.17, 15) is 14.4 Å². The lowest BCUT2D eigenvalue weighted by Gasteiger charge is -2.32. The maximum absolute atomic E-state index is 12.5. The number of esters is 2. The Morgan fingerprint density at radius 3 is 1.95 bits per heavy atom. The largest absolute Gasteiger partial charge is 0.469 e. The second-order valence-electron chi connectivity index (χ2n) is 7.29. The van der Waals surface area contributed by atoms with Gasteiger partial charge in [-0.3, -0.25) is 9.59 Å². The van der Waals surface area contributed by atoms with Crippen LogP contribution in [-0.2, 0) is 23.9 Å². The molecule has 0 rings (SSSR count). The SMILES string of the molecule is COC(=O)CCC(NC(=O)C(C)(C)CC(C)(C)C)C(=O)OC. The summed E-state index contributed by atoms with van der Waals surface area (Å²) in [6.07, 6.45) is 0.851. The molecular weight excluding hydrogens is 286 g/mol. The summed E-state index contributed by atoms with van der Waals surface area (Å²) in [5.74, 6) is -1.23. The van der Waals surface area contributed by atoms with Crippen LogP contribution in [0, 0.1) is 10.8 Å². The van der Waals surface area contributed by atoms with Crippen molar-refractivity contribution in [3.05, 3.63) is 0 Å². The van der Waals surface area contributed by atoms with Gasteiger partial charge in [0.05, 0.1) is 14.2 Å². The molecule has 1 amide bonds. The van der Waals surface area contributed by atoms with E-state index in [0.29, 0.717) is 6.42 Å². The fourth-order valence-corrected chi connectivity index (χ4v) is 2.52. The third-order valence-electron chi connectivity index (χ3n) is 3.24. The molecule has 6 heteroatoms. The first kappa shape index (κ1) is 20.4. The van der Waals surface area contributed by atoms with Gasteiger partial charge in [0.25, 0.3) is 0 Å². The molecule has 0 saturated heterocycles. The van der Waals surface area contributed by atoms with Crippen LogP contribution in [0.3, 0.4) is 0 Å². The molecule has 0 spiro atoms. The normalized spacial score (nSPS) is 13.2. The van der Waals surface area contributed by atoms with Crippen LogP contribution in [0.25, 0.3) is 0 Å². The number of carbonyl (C=O) groups is 3. The zero-order valence-corrected chi connectivity index (χ0v) is 14.7. The van der Waals surface area contributed by atoms with Crippen molar-refractivity contribution >= 4 is 17.8 Å². The first-order valence-corrected chi connectivity index (χ1v) is 7.38. The van der Waals surface area contributed by atoms with Crippen LogP contribution in [0.4, 0.5) is 0 Å². The Labute approximate surface area is 132 Å². The van der Waals surface area contributed by atoms with E-state index in [0.717, 1.165) is 0 Å². The van der Waals surface area contributed by atoms with Crippen molar-refractivity contribution in [2.75, 3.05) is 14.2 Å². The van der Waals surface area contributed by atoms with Gasteiger partial charge >= 0.3 is 11.9 Å². The third-order valence-corrected chi connectivity index (χ3v) is 3.24. The zero-order valence-electron chi connectivity index (χ0n) is 14.7. The Bertz CT molecular complexity index is 409. The van der Waals surface area contributed by atoms with E-state index in [4.69, 9.17) is 0 Å². The highest BCUT2D eigenvalue weighted by Gasteiger charge is 2.35. The second-order valence-corrected chi connectivity index (χ2v) is 7.29. The van der Waals surface area contributed by atoms with Gasteiger partial charge < -0.3 is 14.8 Å². The van der Waals surface area contributed by atoms with Gasteiger partial charge in [-0.15, -0.1) is 0 Å². The summed E-state index contributed by atoms with van der Waals surface area (Å²) >= 11 is 0. The summed E-state index contributed by atoms with van der Waals surface area (Å²) in [6, 6.07) is -0.851. The molecule has 0 aromatic rings. The molecule has 1 N–H and O–H groups in total. The van der Waals surface area contributed by atoms with Crippen molar-refractivity contribution < 1.29 is 23.9 Å². The Hall–Kier alpha value is -1.59. The number of carbonyl (C=O) groups excluding carboxylic acids is 3. The average Bonchev–Trinajstić information content (AvgIpc) is 2.38. The first-order chi connectivity index (χ1) is 9.92. The molecule has 0 aromatic carbocycles. The fourth-order valence-electron chi connectivity index (χ4n) is 2.52. The third kappa shape index (κ3) is 7.43. The molecule has 1 atom stereocenters. The van der Waals surface area contributed by atoms with Gasteiger partial charge in [0.2, 0.25) is 5.91 Å². The van der Waals surface area contributed by atoms with Crippen molar-refractivity contribution in [3.8, 4) is 0 Å². The molecule has 0 aliphatic heterocycles. The molecule has 128 valence electrons. The number of amides is 1. The Morgan fingerprint density at radius 2 is 1.55 bits per heavy atom. The summed E-state index contributed by atoms with van der Waals surface area (Å²) in [5.41, 5.74) is -0.649. The van der Waals surface area contributed by atoms with Crippen molar-refractivity contribution in [2.45, 2.75) is 59.9 Å². The number of ether oxygens (including phenoxy) is 2. The van der Waals surface area contributed by atoms with Crippen LogP contribution in [0.1, 0.15) is 53.9 Å². The van der Waals surface area contributed by atoms with Gasteiger partial charge in [-0.2, -0.15) is 0 Å². The van der Waals surface area contributed by atoms with E-state index in [2.05, 4.69) is 35.6 Å². The molecule has 0 fully saturated rings. The maximum Gasteiger partial charge on any atom is 0.328 e. The summed E-state index contributed by atoms with van der Waals surface area (Å²) in [4.78, 5) is 35.4. The number of methoxy groups -OCH3 is 2. The molecule has 0 radical (unpaired) electrons. The van der Waals surface area contributed by atoms with E-state index in [1.807, 2.05) is 13.8 Å². The van der Waals surface area contributed by atoms with Gasteiger partial charge in [0.1, 0.15) is 6.04 Å². The van der Waals surface area contributed by atoms with E-state index in [1.165, 1.54) is 14.2 Å². The number of rotatable bonds is 7. The number of hydrogen-bond donors (Lipinski definition) is 1. The molecule has 22 heavy (non-hydrogen) atoms. The topological polar surface area (TPSA) is 81.7 Å². The van der Waals surface area contributed by atoms with E-state index in [-0.39, 0.29) is 24.2 Å². The second kappa shape index (κ2) is 8.15. The monoisotopic (exact) mass is 315 g/mol. The van der Waals surface area contributed by atoms with Crippen LogP contribution in [-0.4, -0.2) is 38.1 Å². The van der Waals surface area contributed by atoms with Crippen molar-refractivity contribution in [3.63, 3.8) is 0 Å². The van der Waals surface area contributed by atoms with Gasteiger partial charge in [-0.05, 0) is 18.3 Å². The highest BCUT2D eigenvalue weighted by Crippen LogP contribution is 2.33. The minimum atomic E-state index is -0.851. The first-order valence-electron chi connectivity index (χ1n) is 7.38. The molecule has 6 nitrogen and oxygen atoms in total. The lowest BCUT2D eigenvalue weighted by molar-refractivity contribution is -0.148. The molecule has 0 aromatic heterocycles. The summed E-state index contributed by atoms with van der Waals surface area (Å²) < 4.78 is 9.24. The van der Waals surface area contributed by atoms with Crippen LogP contribution >= 0.6 is 0 Å². The predicted octanol–water partition coefficient (Wildman–Crippen LogP) is 2.06. The molecule has 0 aliphatic rings. The minimum Gasteiger partial charge on any atom is -0.469 e. The Kier molecular flexibility index (Phi) is 7.56. The van der Waals surface area contributed by atoms with Crippen LogP contribution in [0.5, 0.6) is 0 Å². The van der Waals surface area contributed by atoms with Gasteiger partial charge in [-0.1, -0.05) is 34.6 Å². The van der Waals surface area contributed by atoms with Gasteiger partial charge in [0, 0.05) is 11.8 Å². The standard InChI is InChI=1S/C16H29NO5/c1-15(2,3)10-16(4,5)14(20)17-11(13(19)22-7)8-9-12(18)21-6/h11H,8-10H2,1-7H3,(H,17,20). The number of hydrogen-bond acceptors (Lipinski definition) is 5. The van der Waals surface area contributed by atoms with E-state index >= 15 is 0 Å². The molecule has 0 aliphatic carbocycles. The summed E-state index contributed by atoms with van der Waals surface area (Å²) in [5, 5.41) is 2.69. The average molecular weight is 315 g/mol. The van der Waals surface area contributed by atoms with Crippen molar-refractivity contribution in [2.24, 2.45) is 10.8 Å². The molecule has 0 saturated carbocycles. The molecule has 0 heterocycles. The van der Waals surface area contributed by atoms with Crippen molar-refractivity contribution in [1.82, 2.24) is 5.32 Å². The highest BCUT2D eigenvalue weighted by molar-refractivity contribution is 5.87. The quantitative estimate of drug-likeness (QED) is 0.727. The smallest absolute Gasteiger partial charge is 0.328 e. The Morgan fingerprint density at radius 1 is 1.00 bits per heavy atom. The summed E-state index contributed by atoms with van der Waals surface area (Å²) in [7, 11) is 2.53. The molecule has 0 bridgehead atoms. The lowest BCUT2D eigenvalue weighted by atomic mass is 9.75. The molecular formula is C16H29NO5. The Balaban J connectivity index is 4.87. The van der Waals surface area contributed by atoms with Crippen LogP contribution in [0.15, 0.2) is 0 Å². The minimum absolute atomic E-state index is 0.0202. The predicted molar refractivity (Wildman–Crippen MR) is 83.0 cm³/mol. The summed E-state index contributed by atoms with van der Waals surface area (Å²) in [6.45, 7) is 9.83. The zero-order chi connectivity index (χ0) is 17.6. The van der Waals surface area contributed by atoms with Gasteiger partial charge in [-0.25, -0.2) is 4.79 Å².